The van der Waals surface area contributed by atoms with Crippen LogP contribution in [0.2, 0.25) is 10.0 Å². The van der Waals surface area contributed by atoms with E-state index in [0.29, 0.717) is 34.5 Å². The quantitative estimate of drug-likeness (QED) is 0.507. The van der Waals surface area contributed by atoms with Gasteiger partial charge in [-0.2, -0.15) is 5.10 Å². The zero-order chi connectivity index (χ0) is 20.9. The van der Waals surface area contributed by atoms with E-state index in [9.17, 15) is 4.39 Å². The van der Waals surface area contributed by atoms with Gasteiger partial charge in [0, 0.05) is 42.8 Å². The molecule has 0 spiro atoms. The van der Waals surface area contributed by atoms with Crippen molar-refractivity contribution in [2.75, 3.05) is 25.1 Å². The Bertz CT molecular complexity index is 1010. The van der Waals surface area contributed by atoms with Crippen LogP contribution in [0, 0.1) is 12.0 Å². The lowest BCUT2D eigenvalue weighted by atomic mass is 9.96. The second-order valence-corrected chi connectivity index (χ2v) is 7.59. The van der Waals surface area contributed by atoms with Crippen molar-refractivity contribution in [3.05, 3.63) is 57.7 Å². The molecular formula is C20H19Cl2FN5O2. The largest absolute Gasteiger partial charge is 0.489 e. The summed E-state index contributed by atoms with van der Waals surface area (Å²) in [6.07, 6.45) is 6.59. The summed E-state index contributed by atoms with van der Waals surface area (Å²) in [6.45, 7) is 1.66. The van der Waals surface area contributed by atoms with Crippen molar-refractivity contribution < 1.29 is 13.9 Å². The van der Waals surface area contributed by atoms with E-state index in [4.69, 9.17) is 32.7 Å². The Hall–Kier alpha value is -2.42. The predicted octanol–water partition coefficient (Wildman–Crippen LogP) is 4.70. The number of nitrogens with zero attached hydrogens (tertiary/aromatic N) is 3. The van der Waals surface area contributed by atoms with Crippen LogP contribution in [0.25, 0.3) is 0 Å². The summed E-state index contributed by atoms with van der Waals surface area (Å²) < 4.78 is 25.0. The zero-order valence-corrected chi connectivity index (χ0v) is 17.4. The maximum atomic E-state index is 13.7. The Morgan fingerprint density at radius 2 is 2.13 bits per heavy atom. The SMILES string of the molecule is Fc1ccc(Cl)c(CCOc2c[c]nnc2Nc2c[nH]nc2C2CCOCC2)c1Cl. The lowest BCUT2D eigenvalue weighted by molar-refractivity contribution is 0.0846. The summed E-state index contributed by atoms with van der Waals surface area (Å²) in [6, 6.07) is 4.29. The third kappa shape index (κ3) is 4.66. The van der Waals surface area contributed by atoms with Crippen molar-refractivity contribution >= 4 is 34.7 Å². The van der Waals surface area contributed by atoms with Crippen LogP contribution in [0.4, 0.5) is 15.9 Å². The van der Waals surface area contributed by atoms with E-state index in [2.05, 4.69) is 31.9 Å². The molecule has 0 aliphatic carbocycles. The van der Waals surface area contributed by atoms with Crippen LogP contribution in [0.5, 0.6) is 5.75 Å². The minimum Gasteiger partial charge on any atom is -0.489 e. The summed E-state index contributed by atoms with van der Waals surface area (Å²) >= 11 is 12.2. The first kappa shape index (κ1) is 20.8. The van der Waals surface area contributed by atoms with Gasteiger partial charge in [-0.05, 0) is 30.5 Å². The van der Waals surface area contributed by atoms with Crippen LogP contribution in [-0.4, -0.2) is 40.2 Å². The molecule has 2 aromatic heterocycles. The highest BCUT2D eigenvalue weighted by molar-refractivity contribution is 6.36. The van der Waals surface area contributed by atoms with Crippen molar-refractivity contribution in [3.8, 4) is 5.75 Å². The Morgan fingerprint density at radius 3 is 2.97 bits per heavy atom. The van der Waals surface area contributed by atoms with E-state index >= 15 is 0 Å². The molecule has 1 fully saturated rings. The van der Waals surface area contributed by atoms with E-state index in [1.54, 1.807) is 12.3 Å². The molecule has 10 heteroatoms. The monoisotopic (exact) mass is 450 g/mol. The number of benzene rings is 1. The molecule has 0 unspecified atom stereocenters. The molecule has 30 heavy (non-hydrogen) atoms. The van der Waals surface area contributed by atoms with Crippen LogP contribution in [0.1, 0.15) is 30.0 Å². The smallest absolute Gasteiger partial charge is 0.195 e. The summed E-state index contributed by atoms with van der Waals surface area (Å²) in [5.74, 6) is 0.669. The standard InChI is InChI=1S/C20H19Cl2FN5O2/c21-14-1-2-15(23)18(22)13(14)6-10-30-17-3-7-24-28-20(17)26-16-11-25-27-19(16)12-4-8-29-9-5-12/h1-3,11-12H,4-6,8-10H2,(H,25,27)(H,26,28). The summed E-state index contributed by atoms with van der Waals surface area (Å²) in [5, 5.41) is 18.8. The highest BCUT2D eigenvalue weighted by atomic mass is 35.5. The highest BCUT2D eigenvalue weighted by Gasteiger charge is 2.22. The van der Waals surface area contributed by atoms with Gasteiger partial charge < -0.3 is 14.8 Å². The number of rotatable bonds is 7. The highest BCUT2D eigenvalue weighted by Crippen LogP contribution is 2.33. The molecule has 0 atom stereocenters. The fraction of sp³-hybridized carbons (Fsp3) is 0.350. The number of aromatic amines is 1. The minimum absolute atomic E-state index is 0.00312. The minimum atomic E-state index is -0.516. The van der Waals surface area contributed by atoms with Crippen LogP contribution >= 0.6 is 23.2 Å². The van der Waals surface area contributed by atoms with Gasteiger partial charge in [-0.1, -0.05) is 23.2 Å². The van der Waals surface area contributed by atoms with Gasteiger partial charge in [-0.15, -0.1) is 10.2 Å². The Kier molecular flexibility index (Phi) is 6.66. The summed E-state index contributed by atoms with van der Waals surface area (Å²) in [4.78, 5) is 0. The predicted molar refractivity (Wildman–Crippen MR) is 111 cm³/mol. The van der Waals surface area contributed by atoms with Gasteiger partial charge in [0.05, 0.1) is 23.0 Å². The lowest BCUT2D eigenvalue weighted by Gasteiger charge is -2.21. The van der Waals surface area contributed by atoms with Gasteiger partial charge in [0.15, 0.2) is 11.6 Å². The molecular weight excluding hydrogens is 432 g/mol. The Labute approximate surface area is 182 Å². The average Bonchev–Trinajstić information content (AvgIpc) is 3.23. The van der Waals surface area contributed by atoms with Crippen LogP contribution in [0.15, 0.2) is 24.4 Å². The number of hydrogen-bond donors (Lipinski definition) is 2. The number of nitrogens with one attached hydrogen (secondary N) is 2. The number of aromatic nitrogens is 4. The molecule has 1 aromatic carbocycles. The van der Waals surface area contributed by atoms with Crippen molar-refractivity contribution in [3.63, 3.8) is 0 Å². The molecule has 1 aliphatic rings. The van der Waals surface area contributed by atoms with Gasteiger partial charge >= 0.3 is 0 Å². The van der Waals surface area contributed by atoms with E-state index in [1.807, 2.05) is 0 Å². The summed E-state index contributed by atoms with van der Waals surface area (Å²) in [7, 11) is 0. The number of H-pyrrole nitrogens is 1. The van der Waals surface area contributed by atoms with E-state index in [-0.39, 0.29) is 11.6 Å². The lowest BCUT2D eigenvalue weighted by Crippen LogP contribution is -2.15. The fourth-order valence-electron chi connectivity index (χ4n) is 3.35. The molecule has 1 aliphatic heterocycles. The molecule has 4 rings (SSSR count). The molecule has 7 nitrogen and oxygen atoms in total. The van der Waals surface area contributed by atoms with Gasteiger partial charge in [-0.25, -0.2) is 4.39 Å². The molecule has 1 saturated heterocycles. The molecule has 3 aromatic rings. The molecule has 2 N–H and O–H groups in total. The first-order chi connectivity index (χ1) is 14.6. The fourth-order valence-corrected chi connectivity index (χ4v) is 3.91. The number of hydrogen-bond acceptors (Lipinski definition) is 6. The van der Waals surface area contributed by atoms with Crippen molar-refractivity contribution in [2.24, 2.45) is 0 Å². The molecule has 0 bridgehead atoms. The van der Waals surface area contributed by atoms with Crippen LogP contribution in [0.3, 0.4) is 0 Å². The Morgan fingerprint density at radius 1 is 1.30 bits per heavy atom. The summed E-state index contributed by atoms with van der Waals surface area (Å²) in [5.41, 5.74) is 2.23. The van der Waals surface area contributed by atoms with E-state index < -0.39 is 5.82 Å². The first-order valence-corrected chi connectivity index (χ1v) is 10.3. The molecule has 3 heterocycles. The van der Waals surface area contributed by atoms with Crippen molar-refractivity contribution in [1.82, 2.24) is 20.4 Å². The maximum absolute atomic E-state index is 13.7. The normalized spacial score (nSPS) is 14.6. The third-order valence-electron chi connectivity index (χ3n) is 4.92. The zero-order valence-electron chi connectivity index (χ0n) is 15.9. The third-order valence-corrected chi connectivity index (χ3v) is 5.68. The molecule has 0 saturated carbocycles. The second kappa shape index (κ2) is 9.59. The van der Waals surface area contributed by atoms with E-state index in [0.717, 1.165) is 37.4 Å². The number of anilines is 2. The van der Waals surface area contributed by atoms with E-state index in [1.165, 1.54) is 12.1 Å². The molecule has 1 radical (unpaired) electrons. The molecule has 157 valence electrons. The van der Waals surface area contributed by atoms with Gasteiger partial charge in [0.25, 0.3) is 0 Å². The van der Waals surface area contributed by atoms with Crippen molar-refractivity contribution in [2.45, 2.75) is 25.2 Å². The molecule has 0 amide bonds. The van der Waals surface area contributed by atoms with Crippen LogP contribution in [-0.2, 0) is 11.2 Å². The Balaban J connectivity index is 1.45. The van der Waals surface area contributed by atoms with Gasteiger partial charge in [0.1, 0.15) is 12.0 Å². The topological polar surface area (TPSA) is 85.0 Å². The first-order valence-electron chi connectivity index (χ1n) is 9.51. The average molecular weight is 451 g/mol. The van der Waals surface area contributed by atoms with Gasteiger partial charge in [0.2, 0.25) is 0 Å². The van der Waals surface area contributed by atoms with Crippen LogP contribution < -0.4 is 10.1 Å². The maximum Gasteiger partial charge on any atom is 0.195 e. The van der Waals surface area contributed by atoms with Gasteiger partial charge in [-0.3, -0.25) is 5.10 Å². The number of halogens is 3. The van der Waals surface area contributed by atoms with Crippen molar-refractivity contribution in [1.29, 1.82) is 0 Å². The second-order valence-electron chi connectivity index (χ2n) is 6.80. The number of ether oxygens (including phenoxy) is 2.